The molecule has 0 aromatic carbocycles. The molecule has 1 aliphatic heterocycles. The Kier molecular flexibility index (Phi) is 3.17. The van der Waals surface area contributed by atoms with E-state index < -0.39 is 0 Å². The number of hydrogen-bond donors (Lipinski definition) is 1. The lowest BCUT2D eigenvalue weighted by Crippen LogP contribution is -2.24. The molecule has 1 aromatic heterocycles. The lowest BCUT2D eigenvalue weighted by Gasteiger charge is -2.17. The monoisotopic (exact) mass is 235 g/mol. The third-order valence-electron chi connectivity index (χ3n) is 3.20. The van der Waals surface area contributed by atoms with Crippen LogP contribution in [-0.4, -0.2) is 31.2 Å². The second kappa shape index (κ2) is 4.61. The van der Waals surface area contributed by atoms with Crippen molar-refractivity contribution in [2.24, 2.45) is 11.8 Å². The van der Waals surface area contributed by atoms with Crippen molar-refractivity contribution in [1.82, 2.24) is 4.98 Å². The molecule has 5 heteroatoms. The summed E-state index contributed by atoms with van der Waals surface area (Å²) in [6.45, 7) is 3.49. The zero-order chi connectivity index (χ0) is 12.4. The molecule has 0 spiro atoms. The minimum atomic E-state index is -0.149. The molecule has 2 atom stereocenters. The van der Waals surface area contributed by atoms with E-state index in [-0.39, 0.29) is 17.8 Å². The number of nitrogens with zero attached hydrogens (tertiary/aromatic N) is 2. The molecule has 0 amide bonds. The fourth-order valence-electron chi connectivity index (χ4n) is 2.23. The zero-order valence-corrected chi connectivity index (χ0v) is 10.1. The summed E-state index contributed by atoms with van der Waals surface area (Å²) >= 11 is 0. The molecule has 5 nitrogen and oxygen atoms in total. The van der Waals surface area contributed by atoms with Crippen LogP contribution >= 0.6 is 0 Å². The predicted octanol–water partition coefficient (Wildman–Crippen LogP) is 0.909. The number of aromatic nitrogens is 1. The van der Waals surface area contributed by atoms with Crippen LogP contribution in [0.3, 0.4) is 0 Å². The van der Waals surface area contributed by atoms with E-state index in [1.165, 1.54) is 7.11 Å². The van der Waals surface area contributed by atoms with Gasteiger partial charge in [0.05, 0.1) is 13.0 Å². The van der Waals surface area contributed by atoms with Gasteiger partial charge in [-0.25, -0.2) is 4.98 Å². The highest BCUT2D eigenvalue weighted by Gasteiger charge is 2.36. The van der Waals surface area contributed by atoms with Gasteiger partial charge >= 0.3 is 5.97 Å². The first-order valence-electron chi connectivity index (χ1n) is 5.67. The molecule has 92 valence electrons. The van der Waals surface area contributed by atoms with Gasteiger partial charge in [0, 0.05) is 13.1 Å². The molecular formula is C12H17N3O2. The van der Waals surface area contributed by atoms with Crippen LogP contribution in [0.1, 0.15) is 6.92 Å². The summed E-state index contributed by atoms with van der Waals surface area (Å²) in [6.07, 6.45) is 0. The molecule has 2 rings (SSSR count). The molecular weight excluding hydrogens is 218 g/mol. The van der Waals surface area contributed by atoms with Crippen molar-refractivity contribution in [2.45, 2.75) is 6.92 Å². The lowest BCUT2D eigenvalue weighted by molar-refractivity contribution is -0.145. The van der Waals surface area contributed by atoms with Gasteiger partial charge in [-0.2, -0.15) is 0 Å². The van der Waals surface area contributed by atoms with Crippen LogP contribution in [0.2, 0.25) is 0 Å². The quantitative estimate of drug-likeness (QED) is 0.772. The number of rotatable bonds is 2. The first-order valence-corrected chi connectivity index (χ1v) is 5.67. The maximum atomic E-state index is 11.6. The molecule has 0 radical (unpaired) electrons. The Morgan fingerprint density at radius 2 is 2.29 bits per heavy atom. The van der Waals surface area contributed by atoms with E-state index in [1.807, 2.05) is 19.1 Å². The van der Waals surface area contributed by atoms with E-state index in [2.05, 4.69) is 9.88 Å². The van der Waals surface area contributed by atoms with Gasteiger partial charge in [-0.15, -0.1) is 0 Å². The SMILES string of the molecule is COC(=O)C1CN(c2cccc(N)n2)CC1C. The fourth-order valence-corrected chi connectivity index (χ4v) is 2.23. The minimum Gasteiger partial charge on any atom is -0.469 e. The Morgan fingerprint density at radius 3 is 2.94 bits per heavy atom. The van der Waals surface area contributed by atoms with Crippen LogP contribution < -0.4 is 10.6 Å². The van der Waals surface area contributed by atoms with Crippen LogP contribution in [-0.2, 0) is 9.53 Å². The lowest BCUT2D eigenvalue weighted by atomic mass is 9.99. The van der Waals surface area contributed by atoms with Gasteiger partial charge in [0.1, 0.15) is 11.6 Å². The summed E-state index contributed by atoms with van der Waals surface area (Å²) in [5, 5.41) is 0. The van der Waals surface area contributed by atoms with Crippen LogP contribution in [0, 0.1) is 11.8 Å². The normalized spacial score (nSPS) is 23.8. The largest absolute Gasteiger partial charge is 0.469 e. The first-order chi connectivity index (χ1) is 8.11. The smallest absolute Gasteiger partial charge is 0.310 e. The average molecular weight is 235 g/mol. The van der Waals surface area contributed by atoms with Crippen LogP contribution in [0.15, 0.2) is 18.2 Å². The number of carbonyl (C=O) groups excluding carboxylic acids is 1. The standard InChI is InChI=1S/C12H17N3O2/c1-8-6-15(7-9(8)12(16)17-2)11-5-3-4-10(13)14-11/h3-5,8-9H,6-7H2,1-2H3,(H2,13,14). The van der Waals surface area contributed by atoms with Crippen LogP contribution in [0.25, 0.3) is 0 Å². The molecule has 1 aromatic rings. The van der Waals surface area contributed by atoms with Crippen molar-refractivity contribution >= 4 is 17.6 Å². The summed E-state index contributed by atoms with van der Waals surface area (Å²) in [5.41, 5.74) is 5.65. The number of nitrogens with two attached hydrogens (primary N) is 1. The van der Waals surface area contributed by atoms with Gasteiger partial charge in [0.15, 0.2) is 0 Å². The number of carbonyl (C=O) groups is 1. The Labute approximate surface area is 101 Å². The van der Waals surface area contributed by atoms with E-state index in [0.717, 1.165) is 12.4 Å². The third kappa shape index (κ3) is 2.33. The summed E-state index contributed by atoms with van der Waals surface area (Å²) in [4.78, 5) is 17.9. The van der Waals surface area contributed by atoms with Crippen molar-refractivity contribution < 1.29 is 9.53 Å². The van der Waals surface area contributed by atoms with Crippen LogP contribution in [0.5, 0.6) is 0 Å². The maximum Gasteiger partial charge on any atom is 0.310 e. The predicted molar refractivity (Wildman–Crippen MR) is 65.5 cm³/mol. The van der Waals surface area contributed by atoms with Gasteiger partial charge in [-0.05, 0) is 18.1 Å². The Morgan fingerprint density at radius 1 is 1.53 bits per heavy atom. The van der Waals surface area contributed by atoms with Gasteiger partial charge in [0.25, 0.3) is 0 Å². The molecule has 2 N–H and O–H groups in total. The molecule has 1 saturated heterocycles. The van der Waals surface area contributed by atoms with Gasteiger partial charge in [-0.3, -0.25) is 4.79 Å². The molecule has 17 heavy (non-hydrogen) atoms. The van der Waals surface area contributed by atoms with E-state index in [4.69, 9.17) is 10.5 Å². The number of nitrogen functional groups attached to an aromatic ring is 1. The van der Waals surface area contributed by atoms with Crippen molar-refractivity contribution in [1.29, 1.82) is 0 Å². The third-order valence-corrected chi connectivity index (χ3v) is 3.20. The van der Waals surface area contributed by atoms with E-state index in [1.54, 1.807) is 6.07 Å². The summed E-state index contributed by atoms with van der Waals surface area (Å²) in [5.74, 6) is 1.36. The Bertz CT molecular complexity index is 422. The van der Waals surface area contributed by atoms with Crippen molar-refractivity contribution in [2.75, 3.05) is 30.8 Å². The highest BCUT2D eigenvalue weighted by Crippen LogP contribution is 2.27. The highest BCUT2D eigenvalue weighted by atomic mass is 16.5. The maximum absolute atomic E-state index is 11.6. The summed E-state index contributed by atoms with van der Waals surface area (Å²) in [6, 6.07) is 5.53. The van der Waals surface area contributed by atoms with E-state index in [9.17, 15) is 4.79 Å². The molecule has 0 saturated carbocycles. The number of hydrogen-bond acceptors (Lipinski definition) is 5. The second-order valence-corrected chi connectivity index (χ2v) is 4.43. The summed E-state index contributed by atoms with van der Waals surface area (Å²) < 4.78 is 4.80. The van der Waals surface area contributed by atoms with Crippen molar-refractivity contribution in [3.8, 4) is 0 Å². The highest BCUT2D eigenvalue weighted by molar-refractivity contribution is 5.74. The van der Waals surface area contributed by atoms with Gasteiger partial charge < -0.3 is 15.4 Å². The van der Waals surface area contributed by atoms with Crippen molar-refractivity contribution in [3.05, 3.63) is 18.2 Å². The number of methoxy groups -OCH3 is 1. The average Bonchev–Trinajstić information content (AvgIpc) is 2.70. The Balaban J connectivity index is 2.13. The van der Waals surface area contributed by atoms with Crippen molar-refractivity contribution in [3.63, 3.8) is 0 Å². The van der Waals surface area contributed by atoms with Crippen LogP contribution in [0.4, 0.5) is 11.6 Å². The van der Waals surface area contributed by atoms with Gasteiger partial charge in [0.2, 0.25) is 0 Å². The topological polar surface area (TPSA) is 68.5 Å². The van der Waals surface area contributed by atoms with E-state index in [0.29, 0.717) is 12.4 Å². The van der Waals surface area contributed by atoms with E-state index >= 15 is 0 Å². The minimum absolute atomic E-state index is 0.0803. The molecule has 2 unspecified atom stereocenters. The number of ether oxygens (including phenoxy) is 1. The first kappa shape index (κ1) is 11.7. The molecule has 0 aliphatic carbocycles. The number of pyridine rings is 1. The fraction of sp³-hybridized carbons (Fsp3) is 0.500. The Hall–Kier alpha value is -1.78. The number of esters is 1. The molecule has 1 aliphatic rings. The zero-order valence-electron chi connectivity index (χ0n) is 10.1. The molecule has 1 fully saturated rings. The summed E-state index contributed by atoms with van der Waals surface area (Å²) in [7, 11) is 1.43. The second-order valence-electron chi connectivity index (χ2n) is 4.43. The number of anilines is 2. The molecule has 0 bridgehead atoms. The molecule has 2 heterocycles. The van der Waals surface area contributed by atoms with Gasteiger partial charge in [-0.1, -0.05) is 13.0 Å².